The average Bonchev–Trinajstić information content (AvgIpc) is 2.41. The Morgan fingerprint density at radius 2 is 1.65 bits per heavy atom. The zero-order valence-corrected chi connectivity index (χ0v) is 8.92. The van der Waals surface area contributed by atoms with Gasteiger partial charge in [0, 0.05) is 17.1 Å². The van der Waals surface area contributed by atoms with E-state index in [2.05, 4.69) is 15.2 Å². The molecule has 3 aromatic rings. The normalized spacial score (nSPS) is 10.6. The molecule has 0 bridgehead atoms. The summed E-state index contributed by atoms with van der Waals surface area (Å²) in [4.78, 5) is 14.4. The molecule has 2 aromatic heterocycles. The van der Waals surface area contributed by atoms with E-state index < -0.39 is 0 Å². The number of H-pyrrole nitrogens is 1. The fourth-order valence-electron chi connectivity index (χ4n) is 1.87. The molecule has 0 aliphatic heterocycles. The first-order valence-corrected chi connectivity index (χ1v) is 5.24. The van der Waals surface area contributed by atoms with Crippen LogP contribution >= 0.6 is 0 Å². The van der Waals surface area contributed by atoms with Crippen LogP contribution < -0.4 is 5.56 Å². The molecule has 0 fully saturated rings. The number of aromatic amines is 1. The van der Waals surface area contributed by atoms with Crippen LogP contribution in [0.5, 0.6) is 0 Å². The molecule has 0 amide bonds. The number of rotatable bonds is 1. The van der Waals surface area contributed by atoms with Gasteiger partial charge in [0.25, 0.3) is 5.56 Å². The highest BCUT2D eigenvalue weighted by Gasteiger charge is 2.06. The summed E-state index contributed by atoms with van der Waals surface area (Å²) >= 11 is 0. The van der Waals surface area contributed by atoms with Crippen molar-refractivity contribution in [2.45, 2.75) is 0 Å². The van der Waals surface area contributed by atoms with Crippen LogP contribution in [0, 0.1) is 0 Å². The van der Waals surface area contributed by atoms with Crippen molar-refractivity contribution >= 4 is 10.8 Å². The molecule has 0 radical (unpaired) electrons. The summed E-state index contributed by atoms with van der Waals surface area (Å²) in [6, 6.07) is 9.86. The van der Waals surface area contributed by atoms with Crippen LogP contribution in [0.2, 0.25) is 0 Å². The minimum Gasteiger partial charge on any atom is -0.328 e. The highest BCUT2D eigenvalue weighted by molar-refractivity contribution is 5.94. The third-order valence-electron chi connectivity index (χ3n) is 2.70. The molecular weight excluding hydrogens is 214 g/mol. The molecule has 0 atom stereocenters. The van der Waals surface area contributed by atoms with Gasteiger partial charge >= 0.3 is 0 Å². The van der Waals surface area contributed by atoms with E-state index in [0.717, 1.165) is 16.5 Å². The van der Waals surface area contributed by atoms with E-state index in [9.17, 15) is 4.79 Å². The van der Waals surface area contributed by atoms with Crippen molar-refractivity contribution in [2.75, 3.05) is 0 Å². The fourth-order valence-corrected chi connectivity index (χ4v) is 1.87. The monoisotopic (exact) mass is 223 g/mol. The number of hydrogen-bond donors (Lipinski definition) is 1. The Bertz CT molecular complexity index is 719. The quantitative estimate of drug-likeness (QED) is 0.686. The van der Waals surface area contributed by atoms with Crippen molar-refractivity contribution in [1.82, 2.24) is 15.2 Å². The van der Waals surface area contributed by atoms with E-state index in [-0.39, 0.29) is 5.56 Å². The maximum absolute atomic E-state index is 11.6. The summed E-state index contributed by atoms with van der Waals surface area (Å²) in [7, 11) is 0. The minimum absolute atomic E-state index is 0.144. The highest BCUT2D eigenvalue weighted by Crippen LogP contribution is 2.24. The average molecular weight is 223 g/mol. The predicted molar refractivity (Wildman–Crippen MR) is 65.6 cm³/mol. The first-order valence-electron chi connectivity index (χ1n) is 5.24. The van der Waals surface area contributed by atoms with Crippen molar-refractivity contribution in [3.8, 4) is 11.1 Å². The van der Waals surface area contributed by atoms with Crippen LogP contribution in [0.4, 0.5) is 0 Å². The Balaban J connectivity index is 2.39. The molecule has 2 heterocycles. The Labute approximate surface area is 97.0 Å². The summed E-state index contributed by atoms with van der Waals surface area (Å²) < 4.78 is 0. The number of hydrogen-bond acceptors (Lipinski definition) is 3. The molecule has 0 aliphatic carbocycles. The Hall–Kier alpha value is -2.49. The fraction of sp³-hybridized carbons (Fsp3) is 0. The lowest BCUT2D eigenvalue weighted by Gasteiger charge is -2.04. The summed E-state index contributed by atoms with van der Waals surface area (Å²) in [6.45, 7) is 0. The van der Waals surface area contributed by atoms with E-state index >= 15 is 0 Å². The summed E-state index contributed by atoms with van der Waals surface area (Å²) in [6.07, 6.45) is 4.81. The van der Waals surface area contributed by atoms with Crippen LogP contribution in [0.3, 0.4) is 0 Å². The van der Waals surface area contributed by atoms with Gasteiger partial charge in [0.05, 0.1) is 17.8 Å². The lowest BCUT2D eigenvalue weighted by atomic mass is 10.0. The second-order valence-electron chi connectivity index (χ2n) is 3.71. The van der Waals surface area contributed by atoms with Crippen molar-refractivity contribution in [3.05, 3.63) is 59.3 Å². The molecule has 17 heavy (non-hydrogen) atoms. The van der Waals surface area contributed by atoms with E-state index in [1.165, 1.54) is 6.20 Å². The van der Waals surface area contributed by atoms with Gasteiger partial charge in [0.15, 0.2) is 0 Å². The smallest absolute Gasteiger partial charge is 0.257 e. The third-order valence-corrected chi connectivity index (χ3v) is 2.70. The minimum atomic E-state index is -0.144. The summed E-state index contributed by atoms with van der Waals surface area (Å²) in [5.74, 6) is 0. The molecule has 4 heteroatoms. The third kappa shape index (κ3) is 1.59. The van der Waals surface area contributed by atoms with Crippen molar-refractivity contribution in [1.29, 1.82) is 0 Å². The Morgan fingerprint density at radius 3 is 2.41 bits per heavy atom. The van der Waals surface area contributed by atoms with Crippen LogP contribution in [-0.2, 0) is 0 Å². The van der Waals surface area contributed by atoms with Crippen molar-refractivity contribution < 1.29 is 0 Å². The van der Waals surface area contributed by atoms with Gasteiger partial charge in [-0.05, 0) is 5.56 Å². The van der Waals surface area contributed by atoms with E-state index in [0.29, 0.717) is 5.39 Å². The number of nitrogens with one attached hydrogen (secondary N) is 1. The second kappa shape index (κ2) is 3.83. The van der Waals surface area contributed by atoms with E-state index in [1.54, 1.807) is 12.4 Å². The summed E-state index contributed by atoms with van der Waals surface area (Å²) in [5, 5.41) is 8.95. The lowest BCUT2D eigenvalue weighted by molar-refractivity contribution is 1.05. The van der Waals surface area contributed by atoms with Crippen LogP contribution in [-0.4, -0.2) is 15.2 Å². The first-order chi connectivity index (χ1) is 8.36. The number of pyridine rings is 1. The van der Waals surface area contributed by atoms with E-state index in [4.69, 9.17) is 0 Å². The molecule has 0 aliphatic rings. The number of fused-ring (bicyclic) bond motifs is 1. The molecule has 3 rings (SSSR count). The topological polar surface area (TPSA) is 58.6 Å². The van der Waals surface area contributed by atoms with Gasteiger partial charge in [0.1, 0.15) is 0 Å². The van der Waals surface area contributed by atoms with Crippen LogP contribution in [0.25, 0.3) is 21.9 Å². The van der Waals surface area contributed by atoms with Gasteiger partial charge in [-0.1, -0.05) is 30.3 Å². The predicted octanol–water partition coefficient (Wildman–Crippen LogP) is 1.99. The van der Waals surface area contributed by atoms with Crippen molar-refractivity contribution in [3.63, 3.8) is 0 Å². The van der Waals surface area contributed by atoms with Gasteiger partial charge in [0.2, 0.25) is 0 Å². The molecule has 0 unspecified atom stereocenters. The Kier molecular flexibility index (Phi) is 2.19. The molecule has 4 nitrogen and oxygen atoms in total. The number of benzene rings is 1. The standard InChI is InChI=1S/C13H9N3O/c17-13-12-8-16-15-7-11(12)10(6-14-13)9-4-2-1-3-5-9/h1-8H,(H,14,17). The Morgan fingerprint density at radius 1 is 0.941 bits per heavy atom. The lowest BCUT2D eigenvalue weighted by Crippen LogP contribution is -2.06. The van der Waals surface area contributed by atoms with Crippen LogP contribution in [0.1, 0.15) is 0 Å². The van der Waals surface area contributed by atoms with Gasteiger partial charge in [-0.25, -0.2) is 0 Å². The van der Waals surface area contributed by atoms with Crippen LogP contribution in [0.15, 0.2) is 53.7 Å². The van der Waals surface area contributed by atoms with Gasteiger partial charge in [-0.3, -0.25) is 4.79 Å². The summed E-state index contributed by atoms with van der Waals surface area (Å²) in [5.41, 5.74) is 1.85. The highest BCUT2D eigenvalue weighted by atomic mass is 16.1. The maximum Gasteiger partial charge on any atom is 0.257 e. The van der Waals surface area contributed by atoms with Gasteiger partial charge in [-0.15, -0.1) is 0 Å². The molecular formula is C13H9N3O. The molecule has 1 N–H and O–H groups in total. The molecule has 0 spiro atoms. The largest absolute Gasteiger partial charge is 0.328 e. The molecule has 0 saturated heterocycles. The number of nitrogens with zero attached hydrogens (tertiary/aromatic N) is 2. The second-order valence-corrected chi connectivity index (χ2v) is 3.71. The zero-order valence-electron chi connectivity index (χ0n) is 8.92. The first kappa shape index (κ1) is 9.72. The molecule has 0 saturated carbocycles. The SMILES string of the molecule is O=c1[nH]cc(-c2ccccc2)c2cnncc12. The molecule has 82 valence electrons. The molecule has 1 aromatic carbocycles. The van der Waals surface area contributed by atoms with Gasteiger partial charge < -0.3 is 4.98 Å². The zero-order chi connectivity index (χ0) is 11.7. The van der Waals surface area contributed by atoms with Crippen molar-refractivity contribution in [2.24, 2.45) is 0 Å². The maximum atomic E-state index is 11.6. The van der Waals surface area contributed by atoms with E-state index in [1.807, 2.05) is 30.3 Å². The number of aromatic nitrogens is 3. The van der Waals surface area contributed by atoms with Gasteiger partial charge in [-0.2, -0.15) is 10.2 Å².